The van der Waals surface area contributed by atoms with Crippen molar-refractivity contribution in [2.45, 2.75) is 29.9 Å². The molecular formula is C7H12N4OS2. The molecule has 1 aromatic heterocycles. The minimum atomic E-state index is 0.234. The van der Waals surface area contributed by atoms with E-state index in [0.717, 1.165) is 10.2 Å². The highest BCUT2D eigenvalue weighted by molar-refractivity contribution is 8.01. The van der Waals surface area contributed by atoms with Crippen LogP contribution in [0.3, 0.4) is 0 Å². The van der Waals surface area contributed by atoms with Crippen LogP contribution in [-0.4, -0.2) is 25.7 Å². The Morgan fingerprint density at radius 2 is 2.50 bits per heavy atom. The maximum absolute atomic E-state index is 8.38. The number of aromatic nitrogens is 2. The van der Waals surface area contributed by atoms with Crippen molar-refractivity contribution in [3.8, 4) is 0 Å². The van der Waals surface area contributed by atoms with E-state index in [-0.39, 0.29) is 11.1 Å². The normalized spacial score (nSPS) is 14.3. The van der Waals surface area contributed by atoms with Crippen LogP contribution in [0.2, 0.25) is 0 Å². The number of rotatable bonds is 4. The molecule has 1 aromatic rings. The second-order valence-corrected chi connectivity index (χ2v) is 5.27. The monoisotopic (exact) mass is 232 g/mol. The van der Waals surface area contributed by atoms with Crippen LogP contribution in [-0.2, 0) is 0 Å². The van der Waals surface area contributed by atoms with Gasteiger partial charge >= 0.3 is 0 Å². The first-order valence-corrected chi connectivity index (χ1v) is 5.70. The molecule has 1 atom stereocenters. The lowest BCUT2D eigenvalue weighted by atomic mass is 10.3. The maximum Gasteiger partial charge on any atom is 0.170 e. The molecule has 0 saturated heterocycles. The zero-order chi connectivity index (χ0) is 10.6. The van der Waals surface area contributed by atoms with E-state index in [9.17, 15) is 0 Å². The Bertz CT molecular complexity index is 325. The Balaban J connectivity index is 2.45. The molecule has 0 aliphatic carbocycles. The largest absolute Gasteiger partial charge is 0.409 e. The molecule has 0 spiro atoms. The average Bonchev–Trinajstić information content (AvgIpc) is 2.50. The van der Waals surface area contributed by atoms with Crippen LogP contribution in [0, 0.1) is 6.92 Å². The number of oxime groups is 1. The Morgan fingerprint density at radius 1 is 1.79 bits per heavy atom. The van der Waals surface area contributed by atoms with E-state index in [1.54, 1.807) is 11.8 Å². The molecule has 0 aliphatic heterocycles. The topological polar surface area (TPSA) is 84.4 Å². The molecule has 0 aliphatic rings. The van der Waals surface area contributed by atoms with Crippen molar-refractivity contribution < 1.29 is 5.21 Å². The van der Waals surface area contributed by atoms with Gasteiger partial charge in [0, 0.05) is 11.7 Å². The van der Waals surface area contributed by atoms with Crippen LogP contribution < -0.4 is 5.73 Å². The molecule has 1 heterocycles. The summed E-state index contributed by atoms with van der Waals surface area (Å²) >= 11 is 2.95. The molecule has 7 heteroatoms. The smallest absolute Gasteiger partial charge is 0.170 e. The summed E-state index contributed by atoms with van der Waals surface area (Å²) in [6, 6.07) is 0. The fraction of sp³-hybridized carbons (Fsp3) is 0.571. The van der Waals surface area contributed by atoms with Crippen molar-refractivity contribution >= 4 is 29.1 Å². The maximum atomic E-state index is 8.38. The molecule has 14 heavy (non-hydrogen) atoms. The second kappa shape index (κ2) is 5.16. The fourth-order valence-corrected chi connectivity index (χ4v) is 2.86. The van der Waals surface area contributed by atoms with Crippen LogP contribution in [0.25, 0.3) is 0 Å². The molecule has 5 nitrogen and oxygen atoms in total. The molecular weight excluding hydrogens is 220 g/mol. The van der Waals surface area contributed by atoms with Gasteiger partial charge in [0.15, 0.2) is 4.34 Å². The Morgan fingerprint density at radius 3 is 3.00 bits per heavy atom. The first-order chi connectivity index (χ1) is 6.61. The first kappa shape index (κ1) is 11.3. The predicted molar refractivity (Wildman–Crippen MR) is 58.0 cm³/mol. The number of amidine groups is 1. The van der Waals surface area contributed by atoms with Gasteiger partial charge in [-0.2, -0.15) is 4.37 Å². The highest BCUT2D eigenvalue weighted by Crippen LogP contribution is 2.26. The number of hydrogen-bond acceptors (Lipinski definition) is 6. The Labute approximate surface area is 90.6 Å². The third-order valence-corrected chi connectivity index (χ3v) is 3.41. The van der Waals surface area contributed by atoms with Crippen molar-refractivity contribution in [2.75, 3.05) is 0 Å². The van der Waals surface area contributed by atoms with Gasteiger partial charge in [0.05, 0.1) is 0 Å². The lowest BCUT2D eigenvalue weighted by molar-refractivity contribution is 0.317. The number of nitrogens with two attached hydrogens (primary N) is 1. The first-order valence-electron chi connectivity index (χ1n) is 4.05. The van der Waals surface area contributed by atoms with Crippen molar-refractivity contribution in [1.82, 2.24) is 9.36 Å². The molecule has 0 fully saturated rings. The average molecular weight is 232 g/mol. The highest BCUT2D eigenvalue weighted by Gasteiger charge is 2.10. The van der Waals surface area contributed by atoms with E-state index in [4.69, 9.17) is 10.9 Å². The zero-order valence-corrected chi connectivity index (χ0v) is 9.60. The quantitative estimate of drug-likeness (QED) is 0.270. The summed E-state index contributed by atoms with van der Waals surface area (Å²) in [6.07, 6.45) is 0.541. The molecule has 1 rings (SSSR count). The SMILES string of the molecule is Cc1nsc(SC(C)CC(N)=NO)n1. The number of aryl methyl sites for hydroxylation is 1. The van der Waals surface area contributed by atoms with Crippen LogP contribution >= 0.6 is 23.3 Å². The van der Waals surface area contributed by atoms with Gasteiger partial charge < -0.3 is 10.9 Å². The van der Waals surface area contributed by atoms with E-state index in [0.29, 0.717) is 6.42 Å². The fourth-order valence-electron chi connectivity index (χ4n) is 0.875. The number of thioether (sulfide) groups is 1. The number of hydrogen-bond donors (Lipinski definition) is 2. The Kier molecular flexibility index (Phi) is 4.15. The molecule has 0 aromatic carbocycles. The van der Waals surface area contributed by atoms with Crippen LogP contribution in [0.15, 0.2) is 9.50 Å². The minimum absolute atomic E-state index is 0.234. The molecule has 3 N–H and O–H groups in total. The molecule has 1 unspecified atom stereocenters. The summed E-state index contributed by atoms with van der Waals surface area (Å²) < 4.78 is 4.99. The summed E-state index contributed by atoms with van der Waals surface area (Å²) in [5, 5.41) is 11.5. The van der Waals surface area contributed by atoms with Gasteiger partial charge in [-0.15, -0.1) is 0 Å². The molecule has 0 amide bonds. The summed E-state index contributed by atoms with van der Waals surface area (Å²) in [7, 11) is 0. The second-order valence-electron chi connectivity index (χ2n) is 2.83. The van der Waals surface area contributed by atoms with Crippen molar-refractivity contribution in [2.24, 2.45) is 10.9 Å². The van der Waals surface area contributed by atoms with Crippen LogP contribution in [0.1, 0.15) is 19.2 Å². The third kappa shape index (κ3) is 3.51. The van der Waals surface area contributed by atoms with E-state index in [1.165, 1.54) is 11.5 Å². The van der Waals surface area contributed by atoms with Gasteiger partial charge in [0.25, 0.3) is 0 Å². The number of nitrogens with zero attached hydrogens (tertiary/aromatic N) is 3. The van der Waals surface area contributed by atoms with Gasteiger partial charge in [-0.3, -0.25) is 0 Å². The highest BCUT2D eigenvalue weighted by atomic mass is 32.2. The molecule has 0 bridgehead atoms. The summed E-state index contributed by atoms with van der Waals surface area (Å²) in [4.78, 5) is 4.21. The van der Waals surface area contributed by atoms with Gasteiger partial charge in [-0.1, -0.05) is 23.8 Å². The molecule has 0 radical (unpaired) electrons. The van der Waals surface area contributed by atoms with Gasteiger partial charge in [0.2, 0.25) is 0 Å². The molecule has 0 saturated carbocycles. The van der Waals surface area contributed by atoms with Gasteiger partial charge in [0.1, 0.15) is 11.7 Å². The van der Waals surface area contributed by atoms with Crippen molar-refractivity contribution in [1.29, 1.82) is 0 Å². The Hall–Kier alpha value is -0.820. The van der Waals surface area contributed by atoms with Gasteiger partial charge in [-0.05, 0) is 18.5 Å². The van der Waals surface area contributed by atoms with E-state index in [1.807, 2.05) is 13.8 Å². The van der Waals surface area contributed by atoms with E-state index in [2.05, 4.69) is 14.5 Å². The van der Waals surface area contributed by atoms with Crippen molar-refractivity contribution in [3.05, 3.63) is 5.82 Å². The lowest BCUT2D eigenvalue weighted by Crippen LogP contribution is -2.16. The summed E-state index contributed by atoms with van der Waals surface area (Å²) in [6.45, 7) is 3.86. The zero-order valence-electron chi connectivity index (χ0n) is 7.97. The molecule has 78 valence electrons. The predicted octanol–water partition coefficient (Wildman–Crippen LogP) is 1.46. The van der Waals surface area contributed by atoms with Crippen molar-refractivity contribution in [3.63, 3.8) is 0 Å². The van der Waals surface area contributed by atoms with Crippen LogP contribution in [0.5, 0.6) is 0 Å². The summed E-state index contributed by atoms with van der Waals surface area (Å²) in [5.41, 5.74) is 5.39. The lowest BCUT2D eigenvalue weighted by Gasteiger charge is -2.06. The standard InChI is InChI=1S/C7H12N4OS2/c1-4(3-6(8)10-12)13-7-9-5(2)11-14-7/h4,12H,3H2,1-2H3,(H2,8,10). The van der Waals surface area contributed by atoms with Crippen LogP contribution in [0.4, 0.5) is 0 Å². The van der Waals surface area contributed by atoms with E-state index >= 15 is 0 Å². The minimum Gasteiger partial charge on any atom is -0.409 e. The van der Waals surface area contributed by atoms with Gasteiger partial charge in [-0.25, -0.2) is 4.98 Å². The third-order valence-electron chi connectivity index (χ3n) is 1.44. The van der Waals surface area contributed by atoms with E-state index < -0.39 is 0 Å². The summed E-state index contributed by atoms with van der Waals surface area (Å²) in [5.74, 6) is 1.03.